The maximum atomic E-state index is 12.6. The van der Waals surface area contributed by atoms with Crippen LogP contribution in [-0.4, -0.2) is 93.6 Å². The standard InChI is InChI=1S/C19H23N3O3.2C2HF3O2/c23-18(17-5-2-10-24-17)22-8-3-6-19(15-22)14-21(9-11-25-19)13-16-4-1-7-20-12-16;2*3-2(4,5)1(6)7/h1-2,4-5,7,10,12H,3,6,8-9,11,13-15H2;2*(H,6,7). The van der Waals surface area contributed by atoms with E-state index < -0.39 is 24.3 Å². The molecule has 216 valence electrons. The van der Waals surface area contributed by atoms with Gasteiger partial charge < -0.3 is 24.3 Å². The third-order valence-corrected chi connectivity index (χ3v) is 5.50. The average Bonchev–Trinajstić information content (AvgIpc) is 3.39. The highest BCUT2D eigenvalue weighted by molar-refractivity contribution is 5.91. The van der Waals surface area contributed by atoms with Crippen molar-refractivity contribution >= 4 is 17.8 Å². The van der Waals surface area contributed by atoms with Crippen LogP contribution in [0.2, 0.25) is 0 Å². The molecule has 1 unspecified atom stereocenters. The minimum atomic E-state index is -5.08. The summed E-state index contributed by atoms with van der Waals surface area (Å²) < 4.78 is 74.9. The van der Waals surface area contributed by atoms with Gasteiger partial charge in [-0.25, -0.2) is 9.59 Å². The number of carbonyl (C=O) groups excluding carboxylic acids is 1. The molecule has 1 amide bonds. The molecule has 16 heteroatoms. The van der Waals surface area contributed by atoms with Crippen LogP contribution in [0.25, 0.3) is 0 Å². The number of rotatable bonds is 3. The number of carboxylic acids is 2. The van der Waals surface area contributed by atoms with Crippen molar-refractivity contribution in [3.63, 3.8) is 0 Å². The Morgan fingerprint density at radius 3 is 2.13 bits per heavy atom. The lowest BCUT2D eigenvalue weighted by Crippen LogP contribution is -2.60. The fourth-order valence-corrected chi connectivity index (χ4v) is 3.88. The summed E-state index contributed by atoms with van der Waals surface area (Å²) in [6.07, 6.45) is -2.98. The number of aliphatic carboxylic acids is 2. The van der Waals surface area contributed by atoms with Crippen LogP contribution in [0, 0.1) is 0 Å². The number of morpholine rings is 1. The number of nitrogens with zero attached hydrogens (tertiary/aromatic N) is 3. The topological polar surface area (TPSA) is 133 Å². The fourth-order valence-electron chi connectivity index (χ4n) is 3.88. The summed E-state index contributed by atoms with van der Waals surface area (Å²) in [6.45, 7) is 4.68. The Morgan fingerprint density at radius 2 is 1.62 bits per heavy atom. The van der Waals surface area contributed by atoms with Crippen molar-refractivity contribution in [2.45, 2.75) is 37.3 Å². The lowest BCUT2D eigenvalue weighted by atomic mass is 9.90. The van der Waals surface area contributed by atoms with Crippen molar-refractivity contribution in [1.82, 2.24) is 14.8 Å². The number of ether oxygens (including phenoxy) is 1. The Bertz CT molecular complexity index is 1050. The van der Waals surface area contributed by atoms with Crippen LogP contribution in [0.3, 0.4) is 0 Å². The molecule has 2 aliphatic rings. The van der Waals surface area contributed by atoms with Gasteiger partial charge in [0.05, 0.1) is 25.0 Å². The number of carbonyl (C=O) groups is 3. The fraction of sp³-hybridized carbons (Fsp3) is 0.478. The molecule has 2 aliphatic heterocycles. The van der Waals surface area contributed by atoms with E-state index in [1.54, 1.807) is 24.6 Å². The SMILES string of the molecule is O=C(O)C(F)(F)F.O=C(O)C(F)(F)F.O=C(c1ccco1)N1CCCC2(CN(Cc3cccnc3)CCO2)C1. The van der Waals surface area contributed by atoms with Crippen LogP contribution in [0.5, 0.6) is 0 Å². The second kappa shape index (κ2) is 13.4. The van der Waals surface area contributed by atoms with Gasteiger partial charge in [0, 0.05) is 38.6 Å². The van der Waals surface area contributed by atoms with Gasteiger partial charge in [-0.1, -0.05) is 6.07 Å². The molecule has 0 saturated carbocycles. The predicted octanol–water partition coefficient (Wildman–Crippen LogP) is 3.45. The number of pyridine rings is 1. The minimum Gasteiger partial charge on any atom is -0.475 e. The number of amides is 1. The summed E-state index contributed by atoms with van der Waals surface area (Å²) >= 11 is 0. The van der Waals surface area contributed by atoms with Gasteiger partial charge in [-0.2, -0.15) is 26.3 Å². The first-order valence-corrected chi connectivity index (χ1v) is 11.3. The molecule has 39 heavy (non-hydrogen) atoms. The van der Waals surface area contributed by atoms with Gasteiger partial charge in [0.1, 0.15) is 0 Å². The molecule has 2 N–H and O–H groups in total. The van der Waals surface area contributed by atoms with Gasteiger partial charge in [-0.05, 0) is 36.6 Å². The summed E-state index contributed by atoms with van der Waals surface area (Å²) in [5.74, 6) is -5.16. The molecule has 1 spiro atoms. The van der Waals surface area contributed by atoms with Crippen molar-refractivity contribution in [2.75, 3.05) is 32.8 Å². The number of halogens is 6. The summed E-state index contributed by atoms with van der Waals surface area (Å²) in [4.78, 5) is 38.9. The number of carboxylic acid groups (broad SMARTS) is 2. The second-order valence-corrected chi connectivity index (χ2v) is 8.52. The molecule has 4 heterocycles. The molecule has 2 aromatic rings. The number of likely N-dealkylation sites (tertiary alicyclic amines) is 1. The number of hydrogen-bond donors (Lipinski definition) is 2. The Labute approximate surface area is 217 Å². The molecule has 2 fully saturated rings. The van der Waals surface area contributed by atoms with E-state index in [4.69, 9.17) is 29.0 Å². The zero-order chi connectivity index (χ0) is 29.3. The lowest BCUT2D eigenvalue weighted by Gasteiger charge is -2.48. The first kappa shape index (κ1) is 31.6. The van der Waals surface area contributed by atoms with E-state index in [0.29, 0.717) is 18.9 Å². The largest absolute Gasteiger partial charge is 0.490 e. The third kappa shape index (κ3) is 10.2. The second-order valence-electron chi connectivity index (χ2n) is 8.52. The van der Waals surface area contributed by atoms with Crippen LogP contribution in [0.15, 0.2) is 47.3 Å². The molecule has 4 rings (SSSR count). The van der Waals surface area contributed by atoms with E-state index in [1.165, 1.54) is 5.56 Å². The Kier molecular flexibility index (Phi) is 10.9. The van der Waals surface area contributed by atoms with E-state index in [1.807, 2.05) is 17.2 Å². The molecular weight excluding hydrogens is 544 g/mol. The van der Waals surface area contributed by atoms with Gasteiger partial charge in [0.15, 0.2) is 5.76 Å². The lowest BCUT2D eigenvalue weighted by molar-refractivity contribution is -0.193. The third-order valence-electron chi connectivity index (χ3n) is 5.50. The minimum absolute atomic E-state index is 0.0444. The maximum absolute atomic E-state index is 12.6. The van der Waals surface area contributed by atoms with Crippen LogP contribution in [0.1, 0.15) is 29.0 Å². The van der Waals surface area contributed by atoms with Crippen molar-refractivity contribution in [2.24, 2.45) is 0 Å². The first-order chi connectivity index (χ1) is 18.1. The zero-order valence-corrected chi connectivity index (χ0v) is 20.2. The van der Waals surface area contributed by atoms with E-state index in [2.05, 4.69) is 16.0 Å². The summed E-state index contributed by atoms with van der Waals surface area (Å²) in [7, 11) is 0. The highest BCUT2D eigenvalue weighted by Crippen LogP contribution is 2.30. The summed E-state index contributed by atoms with van der Waals surface area (Å²) in [6, 6.07) is 7.54. The van der Waals surface area contributed by atoms with E-state index in [9.17, 15) is 31.1 Å². The molecule has 0 aromatic carbocycles. The van der Waals surface area contributed by atoms with Crippen LogP contribution in [-0.2, 0) is 20.9 Å². The van der Waals surface area contributed by atoms with Crippen molar-refractivity contribution in [3.05, 3.63) is 54.2 Å². The van der Waals surface area contributed by atoms with E-state index in [-0.39, 0.29) is 11.5 Å². The monoisotopic (exact) mass is 569 g/mol. The van der Waals surface area contributed by atoms with Gasteiger partial charge >= 0.3 is 24.3 Å². The van der Waals surface area contributed by atoms with Gasteiger partial charge in [-0.15, -0.1) is 0 Å². The van der Waals surface area contributed by atoms with E-state index in [0.717, 1.165) is 39.0 Å². The molecule has 0 bridgehead atoms. The summed E-state index contributed by atoms with van der Waals surface area (Å²) in [5.41, 5.74) is 0.930. The van der Waals surface area contributed by atoms with Crippen molar-refractivity contribution in [1.29, 1.82) is 0 Å². The van der Waals surface area contributed by atoms with Crippen LogP contribution < -0.4 is 0 Å². The average molecular weight is 569 g/mol. The molecular formula is C23H25F6N3O7. The van der Waals surface area contributed by atoms with Crippen LogP contribution in [0.4, 0.5) is 26.3 Å². The van der Waals surface area contributed by atoms with Crippen molar-refractivity contribution < 1.29 is 60.1 Å². The number of alkyl halides is 6. The quantitative estimate of drug-likeness (QED) is 0.534. The molecule has 0 radical (unpaired) electrons. The maximum Gasteiger partial charge on any atom is 0.490 e. The molecule has 0 aliphatic carbocycles. The number of aromatic nitrogens is 1. The van der Waals surface area contributed by atoms with Crippen LogP contribution >= 0.6 is 0 Å². The predicted molar refractivity (Wildman–Crippen MR) is 119 cm³/mol. The first-order valence-electron chi connectivity index (χ1n) is 11.3. The normalized spacial score (nSPS) is 19.8. The number of furan rings is 1. The Morgan fingerprint density at radius 1 is 0.974 bits per heavy atom. The molecule has 2 saturated heterocycles. The van der Waals surface area contributed by atoms with Gasteiger partial charge in [0.2, 0.25) is 0 Å². The van der Waals surface area contributed by atoms with E-state index >= 15 is 0 Å². The summed E-state index contributed by atoms with van der Waals surface area (Å²) in [5, 5.41) is 14.2. The number of hydrogen-bond acceptors (Lipinski definition) is 7. The highest BCUT2D eigenvalue weighted by atomic mass is 19.4. The zero-order valence-electron chi connectivity index (χ0n) is 20.2. The Hall–Kier alpha value is -3.66. The molecule has 10 nitrogen and oxygen atoms in total. The molecule has 2 aromatic heterocycles. The van der Waals surface area contributed by atoms with Gasteiger partial charge in [0.25, 0.3) is 5.91 Å². The van der Waals surface area contributed by atoms with Gasteiger partial charge in [-0.3, -0.25) is 14.7 Å². The Balaban J connectivity index is 0.000000317. The van der Waals surface area contributed by atoms with Crippen molar-refractivity contribution in [3.8, 4) is 0 Å². The highest BCUT2D eigenvalue weighted by Gasteiger charge is 2.42. The molecule has 1 atom stereocenters. The smallest absolute Gasteiger partial charge is 0.475 e. The number of piperidine rings is 1.